The molecule has 8 aromatic rings. The number of thiophene rings is 1. The van der Waals surface area contributed by atoms with Crippen LogP contribution in [0.4, 0.5) is 11.4 Å². The number of rotatable bonds is 6. The number of thioether (sulfide) groups is 2. The van der Waals surface area contributed by atoms with Crippen LogP contribution in [0.1, 0.15) is 0 Å². The fraction of sp³-hybridized carbons (Fsp3) is 0.0526. The van der Waals surface area contributed by atoms with Crippen molar-refractivity contribution in [3.8, 4) is 22.3 Å². The number of fused-ring (bicyclic) bond motifs is 6. The number of hydrogen-bond donors (Lipinski definition) is 1. The first-order valence-electron chi connectivity index (χ1n) is 14.2. The third-order valence-corrected chi connectivity index (χ3v) is 10.9. The minimum atomic E-state index is 0.921. The molecule has 2 heterocycles. The van der Waals surface area contributed by atoms with Gasteiger partial charge in [-0.25, -0.2) is 0 Å². The summed E-state index contributed by atoms with van der Waals surface area (Å²) in [5.74, 6) is 0. The molecule has 1 N–H and O–H groups in total. The molecule has 0 bridgehead atoms. The van der Waals surface area contributed by atoms with Crippen LogP contribution >= 0.6 is 34.9 Å². The molecule has 0 saturated heterocycles. The lowest BCUT2D eigenvalue weighted by molar-refractivity contribution is 0.670. The van der Waals surface area contributed by atoms with Gasteiger partial charge in [-0.15, -0.1) is 34.9 Å². The van der Waals surface area contributed by atoms with E-state index in [-0.39, 0.29) is 0 Å². The van der Waals surface area contributed by atoms with Gasteiger partial charge in [0.05, 0.1) is 11.4 Å². The van der Waals surface area contributed by atoms with Crippen molar-refractivity contribution in [1.29, 1.82) is 0 Å². The van der Waals surface area contributed by atoms with E-state index in [0.717, 1.165) is 44.4 Å². The van der Waals surface area contributed by atoms with Gasteiger partial charge in [-0.05, 0) is 65.6 Å². The summed E-state index contributed by atoms with van der Waals surface area (Å²) in [5.41, 5.74) is 8.86. The van der Waals surface area contributed by atoms with E-state index < -0.39 is 0 Å². The molecular weight excluding hydrogens is 583 g/mol. The van der Waals surface area contributed by atoms with Crippen molar-refractivity contribution >= 4 is 88.3 Å². The van der Waals surface area contributed by atoms with Gasteiger partial charge in [0.1, 0.15) is 11.2 Å². The first kappa shape index (κ1) is 26.5. The summed E-state index contributed by atoms with van der Waals surface area (Å²) in [5, 5.41) is 8.72. The number of hydrogen-bond acceptors (Lipinski definition) is 5. The topological polar surface area (TPSA) is 25.2 Å². The zero-order valence-electron chi connectivity index (χ0n) is 23.7. The lowest BCUT2D eigenvalue weighted by Gasteiger charge is -2.16. The predicted molar refractivity (Wildman–Crippen MR) is 191 cm³/mol. The molecule has 0 aliphatic rings. The monoisotopic (exact) mass is 609 g/mol. The maximum Gasteiger partial charge on any atom is 0.143 e. The molecule has 0 spiro atoms. The zero-order chi connectivity index (χ0) is 28.9. The average molecular weight is 610 g/mol. The SMILES string of the molecule is CSc1cc(-c2cccc3c2oc2ccccc23)ccc1Nc1ccc(-c2cccc3c2sc2ccccc23)cc1SC. The van der Waals surface area contributed by atoms with Crippen molar-refractivity contribution in [2.45, 2.75) is 9.79 Å². The van der Waals surface area contributed by atoms with E-state index in [1.54, 1.807) is 23.5 Å². The number of furan rings is 1. The highest BCUT2D eigenvalue weighted by atomic mass is 32.2. The molecule has 5 heteroatoms. The fourth-order valence-electron chi connectivity index (χ4n) is 6.02. The van der Waals surface area contributed by atoms with Crippen LogP contribution in [0.3, 0.4) is 0 Å². The van der Waals surface area contributed by atoms with E-state index in [1.165, 1.54) is 41.1 Å². The van der Waals surface area contributed by atoms with E-state index in [4.69, 9.17) is 4.42 Å². The number of para-hydroxylation sites is 2. The molecule has 0 atom stereocenters. The lowest BCUT2D eigenvalue weighted by Crippen LogP contribution is -1.95. The smallest absolute Gasteiger partial charge is 0.143 e. The van der Waals surface area contributed by atoms with Crippen molar-refractivity contribution in [1.82, 2.24) is 0 Å². The molecule has 208 valence electrons. The maximum absolute atomic E-state index is 6.33. The van der Waals surface area contributed by atoms with Crippen LogP contribution in [0, 0.1) is 0 Å². The van der Waals surface area contributed by atoms with Gasteiger partial charge < -0.3 is 9.73 Å². The Labute approximate surface area is 262 Å². The summed E-state index contributed by atoms with van der Waals surface area (Å²) in [6.07, 6.45) is 4.28. The van der Waals surface area contributed by atoms with E-state index in [0.29, 0.717) is 0 Å². The third kappa shape index (κ3) is 4.51. The highest BCUT2D eigenvalue weighted by molar-refractivity contribution is 7.99. The molecule has 2 nitrogen and oxygen atoms in total. The van der Waals surface area contributed by atoms with Crippen LogP contribution in [-0.4, -0.2) is 12.5 Å². The highest BCUT2D eigenvalue weighted by Crippen LogP contribution is 2.43. The summed E-state index contributed by atoms with van der Waals surface area (Å²) in [6, 6.07) is 43.5. The summed E-state index contributed by atoms with van der Waals surface area (Å²) >= 11 is 5.40. The van der Waals surface area contributed by atoms with Gasteiger partial charge in [-0.1, -0.05) is 84.9 Å². The van der Waals surface area contributed by atoms with Gasteiger partial charge in [-0.2, -0.15) is 0 Å². The molecule has 0 unspecified atom stereocenters. The van der Waals surface area contributed by atoms with Crippen LogP contribution in [0.5, 0.6) is 0 Å². The van der Waals surface area contributed by atoms with Gasteiger partial charge >= 0.3 is 0 Å². The van der Waals surface area contributed by atoms with Crippen molar-refractivity contribution in [2.24, 2.45) is 0 Å². The average Bonchev–Trinajstić information content (AvgIpc) is 3.64. The van der Waals surface area contributed by atoms with E-state index in [2.05, 4.69) is 127 Å². The molecule has 0 amide bonds. The minimum Gasteiger partial charge on any atom is -0.455 e. The van der Waals surface area contributed by atoms with Crippen LogP contribution in [0.25, 0.3) is 64.4 Å². The number of nitrogens with one attached hydrogen (secondary N) is 1. The summed E-state index contributed by atoms with van der Waals surface area (Å²) in [7, 11) is 0. The van der Waals surface area contributed by atoms with Crippen molar-refractivity contribution < 1.29 is 4.42 Å². The summed E-state index contributed by atoms with van der Waals surface area (Å²) < 4.78 is 9.01. The van der Waals surface area contributed by atoms with Gasteiger partial charge in [0.2, 0.25) is 0 Å². The summed E-state index contributed by atoms with van der Waals surface area (Å²) in [6.45, 7) is 0. The van der Waals surface area contributed by atoms with Gasteiger partial charge in [-0.3, -0.25) is 0 Å². The Bertz CT molecular complexity index is 2150. The van der Waals surface area contributed by atoms with Gasteiger partial charge in [0, 0.05) is 46.3 Å². The molecule has 8 rings (SSSR count). The first-order valence-corrected chi connectivity index (χ1v) is 17.4. The second-order valence-electron chi connectivity index (χ2n) is 10.5. The first-order chi connectivity index (χ1) is 21.2. The predicted octanol–water partition coefficient (Wildman–Crippen LogP) is 12.5. The Hall–Kier alpha value is -4.16. The fourth-order valence-corrected chi connectivity index (χ4v) is 8.42. The Kier molecular flexibility index (Phi) is 6.67. The van der Waals surface area contributed by atoms with Crippen LogP contribution < -0.4 is 5.32 Å². The molecule has 43 heavy (non-hydrogen) atoms. The van der Waals surface area contributed by atoms with Crippen molar-refractivity contribution in [2.75, 3.05) is 17.8 Å². The van der Waals surface area contributed by atoms with E-state index >= 15 is 0 Å². The van der Waals surface area contributed by atoms with Crippen LogP contribution in [0.15, 0.2) is 136 Å². The Morgan fingerprint density at radius 3 is 1.91 bits per heavy atom. The van der Waals surface area contributed by atoms with Crippen LogP contribution in [0.2, 0.25) is 0 Å². The number of anilines is 2. The molecule has 2 aromatic heterocycles. The molecule has 0 radical (unpaired) electrons. The Morgan fingerprint density at radius 1 is 0.558 bits per heavy atom. The summed E-state index contributed by atoms with van der Waals surface area (Å²) in [4.78, 5) is 2.41. The minimum absolute atomic E-state index is 0.921. The Morgan fingerprint density at radius 2 is 1.16 bits per heavy atom. The number of benzene rings is 6. The van der Waals surface area contributed by atoms with Crippen molar-refractivity contribution in [3.05, 3.63) is 121 Å². The highest BCUT2D eigenvalue weighted by Gasteiger charge is 2.15. The molecule has 6 aromatic carbocycles. The Balaban J connectivity index is 1.15. The van der Waals surface area contributed by atoms with Crippen molar-refractivity contribution in [3.63, 3.8) is 0 Å². The largest absolute Gasteiger partial charge is 0.455 e. The van der Waals surface area contributed by atoms with Gasteiger partial charge in [0.15, 0.2) is 0 Å². The maximum atomic E-state index is 6.33. The lowest BCUT2D eigenvalue weighted by atomic mass is 10.0. The normalized spacial score (nSPS) is 11.7. The standard InChI is InChI=1S/C38H27NOS3/c1-41-35-21-23(25-11-7-13-29-27-9-3-5-15-33(27)40-37(25)29)17-19-31(35)39-32-20-18-24(22-36(32)42-2)26-12-8-14-30-28-10-4-6-16-34(28)43-38(26)30/h3-22,39H,1-2H3. The molecule has 0 aliphatic carbocycles. The van der Waals surface area contributed by atoms with E-state index in [9.17, 15) is 0 Å². The molecule has 0 fully saturated rings. The van der Waals surface area contributed by atoms with Gasteiger partial charge in [0.25, 0.3) is 0 Å². The quantitative estimate of drug-likeness (QED) is 0.190. The molecule has 0 aliphatic heterocycles. The third-order valence-electron chi connectivity index (χ3n) is 8.10. The second-order valence-corrected chi connectivity index (χ2v) is 13.3. The molecule has 0 saturated carbocycles. The van der Waals surface area contributed by atoms with E-state index in [1.807, 2.05) is 23.5 Å². The van der Waals surface area contributed by atoms with Crippen LogP contribution in [-0.2, 0) is 0 Å². The molecular formula is C38H27NOS3. The second kappa shape index (κ2) is 10.8. The zero-order valence-corrected chi connectivity index (χ0v) is 26.1.